The number of rotatable bonds is 9. The zero-order chi connectivity index (χ0) is 20.7. The number of amides is 1. The van der Waals surface area contributed by atoms with E-state index in [0.29, 0.717) is 36.1 Å². The molecule has 0 spiro atoms. The number of carbonyl (C=O) groups excluding carboxylic acids is 1. The highest BCUT2D eigenvalue weighted by Gasteiger charge is 2.22. The lowest BCUT2D eigenvalue weighted by molar-refractivity contribution is -0.384. The van der Waals surface area contributed by atoms with Gasteiger partial charge < -0.3 is 10.5 Å². The molecular weight excluding hydrogens is 358 g/mol. The molecule has 2 rings (SSSR count). The van der Waals surface area contributed by atoms with Crippen molar-refractivity contribution in [2.45, 2.75) is 32.1 Å². The summed E-state index contributed by atoms with van der Waals surface area (Å²) in [6.07, 6.45) is 1.66. The highest BCUT2D eigenvalue weighted by molar-refractivity contribution is 5.83. The van der Waals surface area contributed by atoms with Gasteiger partial charge in [-0.2, -0.15) is 5.26 Å². The SMILES string of the molecule is COc1ccc([N+](=O)[O-])cc1-c1cccc(C(CC(C)CCC#N)C(N)=O)c1. The largest absolute Gasteiger partial charge is 0.496 e. The molecule has 2 aromatic carbocycles. The van der Waals surface area contributed by atoms with Gasteiger partial charge in [-0.15, -0.1) is 0 Å². The Labute approximate surface area is 163 Å². The van der Waals surface area contributed by atoms with Gasteiger partial charge in [0.2, 0.25) is 5.91 Å². The van der Waals surface area contributed by atoms with Gasteiger partial charge in [0, 0.05) is 24.1 Å². The molecule has 0 fully saturated rings. The molecule has 146 valence electrons. The van der Waals surface area contributed by atoms with Gasteiger partial charge in [0.1, 0.15) is 5.75 Å². The molecule has 0 aliphatic rings. The fraction of sp³-hybridized carbons (Fsp3) is 0.333. The van der Waals surface area contributed by atoms with Crippen molar-refractivity contribution in [3.05, 3.63) is 58.1 Å². The van der Waals surface area contributed by atoms with Crippen LogP contribution in [0.25, 0.3) is 11.1 Å². The van der Waals surface area contributed by atoms with E-state index < -0.39 is 16.7 Å². The second-order valence-corrected chi connectivity index (χ2v) is 6.76. The van der Waals surface area contributed by atoms with Gasteiger partial charge in [0.05, 0.1) is 24.0 Å². The van der Waals surface area contributed by atoms with Crippen molar-refractivity contribution in [3.8, 4) is 22.9 Å². The van der Waals surface area contributed by atoms with Gasteiger partial charge in [-0.3, -0.25) is 14.9 Å². The predicted octanol–water partition coefficient (Wildman–Crippen LogP) is 4.17. The van der Waals surface area contributed by atoms with Crippen LogP contribution in [0, 0.1) is 27.4 Å². The fourth-order valence-electron chi connectivity index (χ4n) is 3.21. The maximum absolute atomic E-state index is 12.1. The van der Waals surface area contributed by atoms with E-state index in [1.165, 1.54) is 19.2 Å². The van der Waals surface area contributed by atoms with E-state index in [-0.39, 0.29) is 11.6 Å². The van der Waals surface area contributed by atoms with Crippen molar-refractivity contribution in [1.29, 1.82) is 5.26 Å². The summed E-state index contributed by atoms with van der Waals surface area (Å²) in [4.78, 5) is 22.7. The molecule has 1 amide bonds. The maximum atomic E-state index is 12.1. The molecule has 7 nitrogen and oxygen atoms in total. The van der Waals surface area contributed by atoms with Crippen molar-refractivity contribution in [3.63, 3.8) is 0 Å². The summed E-state index contributed by atoms with van der Waals surface area (Å²) in [5.41, 5.74) is 7.60. The van der Waals surface area contributed by atoms with Crippen molar-refractivity contribution < 1.29 is 14.5 Å². The molecule has 0 aliphatic carbocycles. The third-order valence-electron chi connectivity index (χ3n) is 4.72. The third-order valence-corrected chi connectivity index (χ3v) is 4.72. The van der Waals surface area contributed by atoms with Gasteiger partial charge >= 0.3 is 0 Å². The van der Waals surface area contributed by atoms with Gasteiger partial charge in [0.25, 0.3) is 5.69 Å². The van der Waals surface area contributed by atoms with Crippen LogP contribution in [0.2, 0.25) is 0 Å². The maximum Gasteiger partial charge on any atom is 0.270 e. The van der Waals surface area contributed by atoms with Crippen LogP contribution in [0.3, 0.4) is 0 Å². The summed E-state index contributed by atoms with van der Waals surface area (Å²) >= 11 is 0. The summed E-state index contributed by atoms with van der Waals surface area (Å²) < 4.78 is 5.35. The van der Waals surface area contributed by atoms with Crippen molar-refractivity contribution in [2.24, 2.45) is 11.7 Å². The molecule has 0 saturated carbocycles. The van der Waals surface area contributed by atoms with Crippen LogP contribution in [0.4, 0.5) is 5.69 Å². The Morgan fingerprint density at radius 2 is 2.07 bits per heavy atom. The summed E-state index contributed by atoms with van der Waals surface area (Å²) in [6.45, 7) is 1.99. The predicted molar refractivity (Wildman–Crippen MR) is 106 cm³/mol. The molecule has 2 N–H and O–H groups in total. The number of methoxy groups -OCH3 is 1. The second-order valence-electron chi connectivity index (χ2n) is 6.76. The number of ether oxygens (including phenoxy) is 1. The first-order valence-electron chi connectivity index (χ1n) is 8.96. The van der Waals surface area contributed by atoms with Gasteiger partial charge in [-0.05, 0) is 36.0 Å². The molecule has 28 heavy (non-hydrogen) atoms. The van der Waals surface area contributed by atoms with Crippen LogP contribution >= 0.6 is 0 Å². The van der Waals surface area contributed by atoms with Crippen LogP contribution in [0.15, 0.2) is 42.5 Å². The number of nitriles is 1. The highest BCUT2D eigenvalue weighted by atomic mass is 16.6. The van der Waals surface area contributed by atoms with Gasteiger partial charge in [-0.25, -0.2) is 0 Å². The number of nitro groups is 1. The number of benzene rings is 2. The average molecular weight is 381 g/mol. The van der Waals surface area contributed by atoms with Crippen LogP contribution in [-0.4, -0.2) is 17.9 Å². The molecule has 0 aromatic heterocycles. The van der Waals surface area contributed by atoms with Crippen molar-refractivity contribution in [1.82, 2.24) is 0 Å². The van der Waals surface area contributed by atoms with E-state index >= 15 is 0 Å². The van der Waals surface area contributed by atoms with Gasteiger partial charge in [-0.1, -0.05) is 31.2 Å². The monoisotopic (exact) mass is 381 g/mol. The molecule has 0 bridgehead atoms. The Bertz CT molecular complexity index is 905. The lowest BCUT2D eigenvalue weighted by atomic mass is 9.86. The first-order chi connectivity index (χ1) is 13.4. The zero-order valence-electron chi connectivity index (χ0n) is 15.9. The minimum atomic E-state index is -0.502. The Morgan fingerprint density at radius 1 is 1.32 bits per heavy atom. The van der Waals surface area contributed by atoms with E-state index in [1.807, 2.05) is 25.1 Å². The van der Waals surface area contributed by atoms with E-state index in [0.717, 1.165) is 5.56 Å². The number of hydrogen-bond donors (Lipinski definition) is 1. The normalized spacial score (nSPS) is 12.6. The quantitative estimate of drug-likeness (QED) is 0.516. The molecule has 2 atom stereocenters. The van der Waals surface area contributed by atoms with E-state index in [9.17, 15) is 14.9 Å². The van der Waals surface area contributed by atoms with E-state index in [2.05, 4.69) is 6.07 Å². The van der Waals surface area contributed by atoms with Crippen LogP contribution in [0.5, 0.6) is 5.75 Å². The van der Waals surface area contributed by atoms with Crippen molar-refractivity contribution in [2.75, 3.05) is 7.11 Å². The molecule has 0 saturated heterocycles. The molecular formula is C21H23N3O4. The van der Waals surface area contributed by atoms with Crippen molar-refractivity contribution >= 4 is 11.6 Å². The Balaban J connectivity index is 2.42. The Morgan fingerprint density at radius 3 is 2.68 bits per heavy atom. The summed E-state index contributed by atoms with van der Waals surface area (Å²) in [7, 11) is 1.50. The number of nitrogens with two attached hydrogens (primary N) is 1. The Hall–Kier alpha value is -3.40. The summed E-state index contributed by atoms with van der Waals surface area (Å²) in [6, 6.07) is 13.7. The minimum Gasteiger partial charge on any atom is -0.496 e. The summed E-state index contributed by atoms with van der Waals surface area (Å²) in [5, 5.41) is 19.9. The van der Waals surface area contributed by atoms with Crippen LogP contribution < -0.4 is 10.5 Å². The molecule has 2 unspecified atom stereocenters. The van der Waals surface area contributed by atoms with Crippen LogP contribution in [0.1, 0.15) is 37.7 Å². The number of non-ortho nitro benzene ring substituents is 1. The number of nitrogens with zero attached hydrogens (tertiary/aromatic N) is 2. The standard InChI is InChI=1S/C21H23N3O4/c1-14(5-4-10-22)11-19(21(23)25)16-7-3-6-15(12-16)18-13-17(24(26)27)8-9-20(18)28-2/h3,6-9,12-14,19H,4-5,11H2,1-2H3,(H2,23,25). The number of primary amides is 1. The smallest absolute Gasteiger partial charge is 0.270 e. The molecule has 0 aliphatic heterocycles. The number of carbonyl (C=O) groups is 1. The molecule has 0 radical (unpaired) electrons. The van der Waals surface area contributed by atoms with E-state index in [4.69, 9.17) is 15.7 Å². The van der Waals surface area contributed by atoms with Gasteiger partial charge in [0.15, 0.2) is 0 Å². The Kier molecular flexibility index (Phi) is 7.10. The lowest BCUT2D eigenvalue weighted by Gasteiger charge is -2.19. The highest BCUT2D eigenvalue weighted by Crippen LogP contribution is 2.35. The minimum absolute atomic E-state index is 0.0437. The average Bonchev–Trinajstić information content (AvgIpc) is 2.69. The lowest BCUT2D eigenvalue weighted by Crippen LogP contribution is -2.23. The molecule has 0 heterocycles. The summed E-state index contributed by atoms with van der Waals surface area (Å²) in [5.74, 6) is -0.279. The molecule has 2 aromatic rings. The second kappa shape index (κ2) is 9.51. The topological polar surface area (TPSA) is 119 Å². The number of nitro benzene ring substituents is 1. The first kappa shape index (κ1) is 20.9. The third kappa shape index (κ3) is 5.07. The van der Waals surface area contributed by atoms with Crippen LogP contribution in [-0.2, 0) is 4.79 Å². The zero-order valence-corrected chi connectivity index (χ0v) is 15.9. The fourth-order valence-corrected chi connectivity index (χ4v) is 3.21. The number of hydrogen-bond acceptors (Lipinski definition) is 5. The molecule has 7 heteroatoms. The van der Waals surface area contributed by atoms with E-state index in [1.54, 1.807) is 12.1 Å². The first-order valence-corrected chi connectivity index (χ1v) is 8.96.